The smallest absolute Gasteiger partial charge is 0.118 e. The lowest BCUT2D eigenvalue weighted by Gasteiger charge is -2.32. The van der Waals surface area contributed by atoms with Crippen LogP contribution in [0, 0.1) is 0 Å². The Kier molecular flexibility index (Phi) is 5.83. The van der Waals surface area contributed by atoms with Gasteiger partial charge in [0.1, 0.15) is 5.75 Å². The predicted octanol–water partition coefficient (Wildman–Crippen LogP) is 1.72. The molecule has 4 heteroatoms. The molecule has 1 saturated heterocycles. The van der Waals surface area contributed by atoms with Crippen molar-refractivity contribution in [2.75, 3.05) is 47.4 Å². The van der Waals surface area contributed by atoms with Gasteiger partial charge in [-0.15, -0.1) is 0 Å². The van der Waals surface area contributed by atoms with E-state index in [1.807, 2.05) is 12.1 Å². The molecule has 4 nitrogen and oxygen atoms in total. The average molecular weight is 278 g/mol. The molecule has 1 fully saturated rings. The molecule has 1 aliphatic heterocycles. The Morgan fingerprint density at radius 3 is 2.65 bits per heavy atom. The van der Waals surface area contributed by atoms with Gasteiger partial charge in [0.2, 0.25) is 0 Å². The third kappa shape index (κ3) is 4.20. The van der Waals surface area contributed by atoms with Crippen LogP contribution in [0.15, 0.2) is 24.3 Å². The van der Waals surface area contributed by atoms with Crippen LogP contribution in [0.1, 0.15) is 17.9 Å². The zero-order valence-electron chi connectivity index (χ0n) is 12.8. The zero-order chi connectivity index (χ0) is 14.4. The fourth-order valence-corrected chi connectivity index (χ4v) is 2.66. The van der Waals surface area contributed by atoms with Crippen LogP contribution >= 0.6 is 0 Å². The molecular weight excluding hydrogens is 252 g/mol. The van der Waals surface area contributed by atoms with Gasteiger partial charge < -0.3 is 19.7 Å². The monoisotopic (exact) mass is 278 g/mol. The number of rotatable bonds is 6. The molecule has 1 aromatic rings. The van der Waals surface area contributed by atoms with E-state index >= 15 is 0 Å². The van der Waals surface area contributed by atoms with Crippen molar-refractivity contribution in [2.45, 2.75) is 18.4 Å². The molecule has 0 amide bonds. The Morgan fingerprint density at radius 2 is 2.10 bits per heavy atom. The normalized spacial score (nSPS) is 20.9. The van der Waals surface area contributed by atoms with E-state index in [-0.39, 0.29) is 6.10 Å². The summed E-state index contributed by atoms with van der Waals surface area (Å²) in [5.74, 6) is 1.33. The van der Waals surface area contributed by atoms with Crippen molar-refractivity contribution in [3.8, 4) is 5.75 Å². The molecule has 1 aliphatic rings. The molecule has 0 radical (unpaired) electrons. The van der Waals surface area contributed by atoms with E-state index in [1.165, 1.54) is 5.56 Å². The molecule has 1 aromatic carbocycles. The molecule has 2 atom stereocenters. The lowest BCUT2D eigenvalue weighted by atomic mass is 9.89. The van der Waals surface area contributed by atoms with E-state index in [4.69, 9.17) is 9.47 Å². The van der Waals surface area contributed by atoms with E-state index in [0.717, 1.165) is 38.4 Å². The van der Waals surface area contributed by atoms with Crippen molar-refractivity contribution in [1.29, 1.82) is 0 Å². The third-order valence-corrected chi connectivity index (χ3v) is 3.84. The molecule has 0 spiro atoms. The highest BCUT2D eigenvalue weighted by Crippen LogP contribution is 2.28. The maximum Gasteiger partial charge on any atom is 0.118 e. The van der Waals surface area contributed by atoms with Gasteiger partial charge in [0, 0.05) is 19.0 Å². The van der Waals surface area contributed by atoms with E-state index in [2.05, 4.69) is 36.4 Å². The second-order valence-electron chi connectivity index (χ2n) is 5.58. The molecule has 1 heterocycles. The Hall–Kier alpha value is -1.10. The number of morpholine rings is 1. The molecule has 112 valence electrons. The van der Waals surface area contributed by atoms with Gasteiger partial charge in [-0.3, -0.25) is 0 Å². The first-order valence-corrected chi connectivity index (χ1v) is 7.31. The quantitative estimate of drug-likeness (QED) is 0.859. The number of ether oxygens (including phenoxy) is 2. The van der Waals surface area contributed by atoms with Gasteiger partial charge in [-0.2, -0.15) is 0 Å². The minimum absolute atomic E-state index is 0.261. The topological polar surface area (TPSA) is 33.7 Å². The summed E-state index contributed by atoms with van der Waals surface area (Å²) in [5, 5.41) is 3.43. The average Bonchev–Trinajstić information content (AvgIpc) is 2.49. The second-order valence-corrected chi connectivity index (χ2v) is 5.58. The minimum Gasteiger partial charge on any atom is -0.497 e. The highest BCUT2D eigenvalue weighted by Gasteiger charge is 2.25. The summed E-state index contributed by atoms with van der Waals surface area (Å²) in [6.45, 7) is 3.76. The summed E-state index contributed by atoms with van der Waals surface area (Å²) in [7, 11) is 5.93. The number of hydrogen-bond acceptors (Lipinski definition) is 4. The van der Waals surface area contributed by atoms with Crippen molar-refractivity contribution in [3.63, 3.8) is 0 Å². The third-order valence-electron chi connectivity index (χ3n) is 3.84. The highest BCUT2D eigenvalue weighted by atomic mass is 16.5. The number of benzene rings is 1. The first-order chi connectivity index (χ1) is 9.70. The van der Waals surface area contributed by atoms with Gasteiger partial charge in [-0.05, 0) is 44.8 Å². The Balaban J connectivity index is 2.10. The SMILES string of the molecule is COc1ccc(C(CCN(C)C)C2CNCCO2)cc1. The summed E-state index contributed by atoms with van der Waals surface area (Å²) in [4.78, 5) is 2.23. The maximum atomic E-state index is 5.97. The van der Waals surface area contributed by atoms with E-state index in [1.54, 1.807) is 7.11 Å². The maximum absolute atomic E-state index is 5.97. The minimum atomic E-state index is 0.261. The van der Waals surface area contributed by atoms with Crippen molar-refractivity contribution < 1.29 is 9.47 Å². The Bertz CT molecular complexity index is 386. The Labute approximate surface area is 122 Å². The van der Waals surface area contributed by atoms with E-state index in [9.17, 15) is 0 Å². The van der Waals surface area contributed by atoms with E-state index < -0.39 is 0 Å². The summed E-state index contributed by atoms with van der Waals surface area (Å²) >= 11 is 0. The first kappa shape index (κ1) is 15.3. The number of nitrogens with zero attached hydrogens (tertiary/aromatic N) is 1. The highest BCUT2D eigenvalue weighted by molar-refractivity contribution is 5.30. The van der Waals surface area contributed by atoms with Crippen molar-refractivity contribution in [2.24, 2.45) is 0 Å². The molecule has 20 heavy (non-hydrogen) atoms. The van der Waals surface area contributed by atoms with Crippen LogP contribution in [-0.2, 0) is 4.74 Å². The van der Waals surface area contributed by atoms with Crippen LogP contribution in [0.25, 0.3) is 0 Å². The number of methoxy groups -OCH3 is 1. The Morgan fingerprint density at radius 1 is 1.35 bits per heavy atom. The van der Waals surface area contributed by atoms with Gasteiger partial charge in [0.25, 0.3) is 0 Å². The van der Waals surface area contributed by atoms with E-state index in [0.29, 0.717) is 5.92 Å². The molecule has 0 bridgehead atoms. The largest absolute Gasteiger partial charge is 0.497 e. The van der Waals surface area contributed by atoms with Gasteiger partial charge in [-0.1, -0.05) is 12.1 Å². The summed E-state index contributed by atoms with van der Waals surface area (Å²) in [5.41, 5.74) is 1.33. The summed E-state index contributed by atoms with van der Waals surface area (Å²) in [6.07, 6.45) is 1.36. The fourth-order valence-electron chi connectivity index (χ4n) is 2.66. The number of hydrogen-bond donors (Lipinski definition) is 1. The zero-order valence-corrected chi connectivity index (χ0v) is 12.8. The summed E-state index contributed by atoms with van der Waals surface area (Å²) < 4.78 is 11.2. The molecule has 2 rings (SSSR count). The van der Waals surface area contributed by atoms with Crippen molar-refractivity contribution >= 4 is 0 Å². The van der Waals surface area contributed by atoms with Crippen molar-refractivity contribution in [1.82, 2.24) is 10.2 Å². The van der Waals surface area contributed by atoms with Crippen LogP contribution in [0.4, 0.5) is 0 Å². The van der Waals surface area contributed by atoms with Crippen LogP contribution in [0.5, 0.6) is 5.75 Å². The molecule has 0 aromatic heterocycles. The lowest BCUT2D eigenvalue weighted by Crippen LogP contribution is -2.42. The van der Waals surface area contributed by atoms with Crippen LogP contribution in [0.2, 0.25) is 0 Å². The summed E-state index contributed by atoms with van der Waals surface area (Å²) in [6, 6.07) is 8.40. The lowest BCUT2D eigenvalue weighted by molar-refractivity contribution is 0.00809. The molecule has 2 unspecified atom stereocenters. The molecule has 1 N–H and O–H groups in total. The van der Waals surface area contributed by atoms with Gasteiger partial charge >= 0.3 is 0 Å². The van der Waals surface area contributed by atoms with Crippen molar-refractivity contribution in [3.05, 3.63) is 29.8 Å². The standard InChI is InChI=1S/C16H26N2O2/c1-18(2)10-8-15(16-12-17-9-11-20-16)13-4-6-14(19-3)7-5-13/h4-7,15-17H,8-12H2,1-3H3. The predicted molar refractivity (Wildman–Crippen MR) is 81.5 cm³/mol. The number of nitrogens with one attached hydrogen (secondary N) is 1. The molecular formula is C16H26N2O2. The fraction of sp³-hybridized carbons (Fsp3) is 0.625. The van der Waals surface area contributed by atoms with Gasteiger partial charge in [-0.25, -0.2) is 0 Å². The molecule has 0 saturated carbocycles. The van der Waals surface area contributed by atoms with Crippen LogP contribution in [0.3, 0.4) is 0 Å². The van der Waals surface area contributed by atoms with Gasteiger partial charge in [0.15, 0.2) is 0 Å². The first-order valence-electron chi connectivity index (χ1n) is 7.31. The van der Waals surface area contributed by atoms with Gasteiger partial charge in [0.05, 0.1) is 19.8 Å². The van der Waals surface area contributed by atoms with Crippen LogP contribution < -0.4 is 10.1 Å². The molecule has 0 aliphatic carbocycles. The van der Waals surface area contributed by atoms with Crippen LogP contribution in [-0.4, -0.2) is 58.5 Å². The second kappa shape index (κ2) is 7.62.